The van der Waals surface area contributed by atoms with E-state index in [-0.39, 0.29) is 35.2 Å². The van der Waals surface area contributed by atoms with Gasteiger partial charge in [0.1, 0.15) is 0 Å². The Morgan fingerprint density at radius 3 is 2.45 bits per heavy atom. The minimum atomic E-state index is -0.448. The first-order valence-corrected chi connectivity index (χ1v) is 7.49. The molecule has 5 heteroatoms. The lowest BCUT2D eigenvalue weighted by atomic mass is 9.51. The molecule has 2 rings (SSSR count). The molecule has 2 fully saturated rings. The van der Waals surface area contributed by atoms with E-state index in [0.717, 1.165) is 13.0 Å². The molecule has 3 N–H and O–H groups in total. The number of carbonyl (C=O) groups is 1. The lowest BCUT2D eigenvalue weighted by Crippen LogP contribution is -2.69. The quantitative estimate of drug-likeness (QED) is 0.837. The maximum Gasteiger partial charge on any atom is 0.237 e. The minimum Gasteiger partial charge on any atom is -0.378 e. The SMILES string of the molecule is CCOC1CC(NC(=O)[C@@H](N)C(C)(C)C)C12CCC2.Cl. The molecule has 0 saturated heterocycles. The molecule has 20 heavy (non-hydrogen) atoms. The number of halogens is 1. The maximum atomic E-state index is 12.2. The topological polar surface area (TPSA) is 64.3 Å². The van der Waals surface area contributed by atoms with Crippen LogP contribution < -0.4 is 11.1 Å². The molecule has 0 aromatic carbocycles. The van der Waals surface area contributed by atoms with Crippen LogP contribution in [0.15, 0.2) is 0 Å². The summed E-state index contributed by atoms with van der Waals surface area (Å²) in [6, 6.07) is -0.186. The highest BCUT2D eigenvalue weighted by Gasteiger charge is 2.59. The number of ether oxygens (including phenoxy) is 1. The summed E-state index contributed by atoms with van der Waals surface area (Å²) in [6.45, 7) is 8.79. The first-order valence-electron chi connectivity index (χ1n) is 7.49. The van der Waals surface area contributed by atoms with Gasteiger partial charge >= 0.3 is 0 Å². The van der Waals surface area contributed by atoms with Crippen molar-refractivity contribution in [1.29, 1.82) is 0 Å². The van der Waals surface area contributed by atoms with Crippen molar-refractivity contribution in [3.63, 3.8) is 0 Å². The van der Waals surface area contributed by atoms with Gasteiger partial charge < -0.3 is 15.8 Å². The van der Waals surface area contributed by atoms with Crippen molar-refractivity contribution in [2.45, 2.75) is 71.6 Å². The van der Waals surface area contributed by atoms with Gasteiger partial charge in [-0.2, -0.15) is 0 Å². The van der Waals surface area contributed by atoms with Crippen molar-refractivity contribution in [2.75, 3.05) is 6.61 Å². The zero-order valence-corrected chi connectivity index (χ0v) is 13.9. The second-order valence-electron chi connectivity index (χ2n) is 7.17. The fraction of sp³-hybridized carbons (Fsp3) is 0.933. The predicted octanol–water partition coefficient (Wildman–Crippen LogP) is 2.25. The number of amides is 1. The average molecular weight is 305 g/mol. The fourth-order valence-electron chi connectivity index (χ4n) is 3.30. The molecule has 2 aliphatic rings. The second-order valence-corrected chi connectivity index (χ2v) is 7.17. The summed E-state index contributed by atoms with van der Waals surface area (Å²) in [7, 11) is 0. The number of carbonyl (C=O) groups excluding carboxylic acids is 1. The van der Waals surface area contributed by atoms with Crippen molar-refractivity contribution in [2.24, 2.45) is 16.6 Å². The van der Waals surface area contributed by atoms with Gasteiger partial charge in [0.15, 0.2) is 0 Å². The molecule has 2 saturated carbocycles. The van der Waals surface area contributed by atoms with Crippen LogP contribution in [0.1, 0.15) is 53.4 Å². The lowest BCUT2D eigenvalue weighted by molar-refractivity contribution is -0.176. The third-order valence-electron chi connectivity index (χ3n) is 4.97. The van der Waals surface area contributed by atoms with Gasteiger partial charge in [-0.15, -0.1) is 12.4 Å². The largest absolute Gasteiger partial charge is 0.378 e. The Hall–Kier alpha value is -0.320. The molecule has 3 atom stereocenters. The summed E-state index contributed by atoms with van der Waals surface area (Å²) in [5, 5.41) is 3.16. The van der Waals surface area contributed by atoms with Gasteiger partial charge in [0.05, 0.1) is 12.1 Å². The van der Waals surface area contributed by atoms with Crippen LogP contribution in [0, 0.1) is 10.8 Å². The van der Waals surface area contributed by atoms with Crippen LogP contribution >= 0.6 is 12.4 Å². The normalized spacial score (nSPS) is 28.9. The highest BCUT2D eigenvalue weighted by atomic mass is 35.5. The van der Waals surface area contributed by atoms with E-state index >= 15 is 0 Å². The molecule has 2 unspecified atom stereocenters. The van der Waals surface area contributed by atoms with Gasteiger partial charge in [0.2, 0.25) is 5.91 Å². The van der Waals surface area contributed by atoms with E-state index in [2.05, 4.69) is 5.32 Å². The first-order chi connectivity index (χ1) is 8.81. The predicted molar refractivity (Wildman–Crippen MR) is 82.9 cm³/mol. The number of nitrogens with one attached hydrogen (secondary N) is 1. The monoisotopic (exact) mass is 304 g/mol. The molecule has 2 aliphatic carbocycles. The lowest BCUT2D eigenvalue weighted by Gasteiger charge is -2.61. The maximum absolute atomic E-state index is 12.2. The molecule has 1 spiro atoms. The molecule has 0 aliphatic heterocycles. The molecule has 118 valence electrons. The van der Waals surface area contributed by atoms with Crippen LogP contribution in [0.4, 0.5) is 0 Å². The second kappa shape index (κ2) is 6.20. The first kappa shape index (κ1) is 17.7. The number of hydrogen-bond donors (Lipinski definition) is 2. The number of nitrogens with two attached hydrogens (primary N) is 1. The van der Waals surface area contributed by atoms with Crippen LogP contribution in [-0.2, 0) is 9.53 Å². The zero-order valence-electron chi connectivity index (χ0n) is 13.1. The fourth-order valence-corrected chi connectivity index (χ4v) is 3.30. The van der Waals surface area contributed by atoms with Gasteiger partial charge in [0.25, 0.3) is 0 Å². The minimum absolute atomic E-state index is 0. The smallest absolute Gasteiger partial charge is 0.237 e. The highest BCUT2D eigenvalue weighted by molar-refractivity contribution is 5.85. The molecule has 0 radical (unpaired) electrons. The van der Waals surface area contributed by atoms with Crippen molar-refractivity contribution < 1.29 is 9.53 Å². The highest BCUT2D eigenvalue weighted by Crippen LogP contribution is 2.57. The summed E-state index contributed by atoms with van der Waals surface area (Å²) in [5.74, 6) is -0.0151. The number of hydrogen-bond acceptors (Lipinski definition) is 3. The van der Waals surface area contributed by atoms with E-state index < -0.39 is 6.04 Å². The number of rotatable bonds is 4. The Kier molecular flexibility index (Phi) is 5.50. The molecule has 0 bridgehead atoms. The van der Waals surface area contributed by atoms with Gasteiger partial charge in [-0.1, -0.05) is 27.2 Å². The van der Waals surface area contributed by atoms with E-state index in [0.29, 0.717) is 6.10 Å². The van der Waals surface area contributed by atoms with E-state index in [1.165, 1.54) is 19.3 Å². The van der Waals surface area contributed by atoms with E-state index in [1.807, 2.05) is 27.7 Å². The van der Waals surface area contributed by atoms with Gasteiger partial charge in [-0.25, -0.2) is 0 Å². The van der Waals surface area contributed by atoms with E-state index in [1.54, 1.807) is 0 Å². The third-order valence-corrected chi connectivity index (χ3v) is 4.97. The van der Waals surface area contributed by atoms with Crippen LogP contribution in [0.25, 0.3) is 0 Å². The Labute approximate surface area is 128 Å². The molecular formula is C15H29ClN2O2. The summed E-state index contributed by atoms with van der Waals surface area (Å²) < 4.78 is 5.79. The summed E-state index contributed by atoms with van der Waals surface area (Å²) in [6.07, 6.45) is 4.88. The van der Waals surface area contributed by atoms with Crippen molar-refractivity contribution in [1.82, 2.24) is 5.32 Å². The van der Waals surface area contributed by atoms with E-state index in [9.17, 15) is 4.79 Å². The molecule has 0 aromatic heterocycles. The Bertz CT molecular complexity index is 350. The average Bonchev–Trinajstić information content (AvgIpc) is 2.22. The van der Waals surface area contributed by atoms with Crippen LogP contribution in [0.3, 0.4) is 0 Å². The summed E-state index contributed by atoms with van der Waals surface area (Å²) >= 11 is 0. The molecule has 1 amide bonds. The Morgan fingerprint density at radius 1 is 1.45 bits per heavy atom. The standard InChI is InChI=1S/C15H28N2O2.ClH/c1-5-19-11-9-10(15(11)7-6-8-15)17-13(18)12(16)14(2,3)4;/h10-12H,5-9,16H2,1-4H3,(H,17,18);1H/t10?,11?,12-;/m1./s1. The van der Waals surface area contributed by atoms with Crippen molar-refractivity contribution >= 4 is 18.3 Å². The van der Waals surface area contributed by atoms with E-state index in [4.69, 9.17) is 10.5 Å². The Morgan fingerprint density at radius 2 is 2.05 bits per heavy atom. The van der Waals surface area contributed by atoms with Gasteiger partial charge in [-0.05, 0) is 31.6 Å². The van der Waals surface area contributed by atoms with Crippen LogP contribution in [0.2, 0.25) is 0 Å². The molecule has 4 nitrogen and oxygen atoms in total. The summed E-state index contributed by atoms with van der Waals surface area (Å²) in [5.41, 5.74) is 6.04. The molecule has 0 heterocycles. The third kappa shape index (κ3) is 2.97. The zero-order chi connectivity index (χ0) is 14.3. The van der Waals surface area contributed by atoms with Crippen molar-refractivity contribution in [3.05, 3.63) is 0 Å². The van der Waals surface area contributed by atoms with Crippen molar-refractivity contribution in [3.8, 4) is 0 Å². The van der Waals surface area contributed by atoms with Crippen LogP contribution in [-0.4, -0.2) is 30.7 Å². The Balaban J connectivity index is 0.00000200. The molecule has 0 aromatic rings. The van der Waals surface area contributed by atoms with Crippen LogP contribution in [0.5, 0.6) is 0 Å². The van der Waals surface area contributed by atoms with Gasteiger partial charge in [0, 0.05) is 18.1 Å². The summed E-state index contributed by atoms with van der Waals surface area (Å²) in [4.78, 5) is 12.2. The molecular weight excluding hydrogens is 276 g/mol. The van der Waals surface area contributed by atoms with Gasteiger partial charge in [-0.3, -0.25) is 4.79 Å².